The maximum atomic E-state index is 13.2. The molecule has 1 amide bonds. The molecule has 2 aromatic carbocycles. The number of carboxylic acids is 1. The Morgan fingerprint density at radius 1 is 1.00 bits per heavy atom. The molecule has 0 aliphatic rings. The number of benzene rings is 2. The van der Waals surface area contributed by atoms with Crippen LogP contribution in [0.25, 0.3) is 0 Å². The summed E-state index contributed by atoms with van der Waals surface area (Å²) >= 11 is 11.1. The first-order valence-electron chi connectivity index (χ1n) is 7.74. The van der Waals surface area contributed by atoms with Crippen LogP contribution < -0.4 is 5.48 Å². The van der Waals surface area contributed by atoms with E-state index in [0.717, 1.165) is 23.3 Å². The normalized spacial score (nSPS) is 9.20. The number of carbonyl (C=O) groups is 2. The average molecular weight is 490 g/mol. The largest absolute Gasteiger partial charge is 0.478 e. The maximum Gasteiger partial charge on any atom is 0.338 e. The van der Waals surface area contributed by atoms with Gasteiger partial charge in [0.2, 0.25) is 0 Å². The van der Waals surface area contributed by atoms with Gasteiger partial charge in [-0.3, -0.25) is 9.63 Å². The molecular weight excluding hydrogens is 469 g/mol. The number of nitrogens with one attached hydrogen (secondary N) is 1. The zero-order valence-corrected chi connectivity index (χ0v) is 18.7. The highest BCUT2D eigenvalue weighted by Crippen LogP contribution is 2.16. The number of carbonyl (C=O) groups excluding carboxylic acids is 1. The summed E-state index contributed by atoms with van der Waals surface area (Å²) in [6.45, 7) is 0. The van der Waals surface area contributed by atoms with Gasteiger partial charge in [-0.15, -0.1) is 12.4 Å². The van der Waals surface area contributed by atoms with Gasteiger partial charge < -0.3 is 9.94 Å². The van der Waals surface area contributed by atoms with Crippen molar-refractivity contribution in [3.63, 3.8) is 0 Å². The Bertz CT molecular complexity index is 826. The highest BCUT2D eigenvalue weighted by atomic mass is 35.5. The number of amides is 1. The Morgan fingerprint density at radius 3 is 1.73 bits per heavy atom. The molecule has 0 aliphatic carbocycles. The standard InChI is InChI=1S/C9H9ClFNO2.C7H4ClFO2.C2H7NO.ClH/c1-12(14-2)9(13)7-5-6(10)3-4-8(7)11;8-4-1-2-6(9)5(3-4)7(10)11;1-3-4-2;/h3-5H,1-2H3;1-3H,(H,10,11);3H,1-2H3;1H. The van der Waals surface area contributed by atoms with Crippen molar-refractivity contribution < 1.29 is 33.2 Å². The van der Waals surface area contributed by atoms with Crippen LogP contribution in [0.2, 0.25) is 10.0 Å². The molecule has 0 saturated heterocycles. The van der Waals surface area contributed by atoms with E-state index in [0.29, 0.717) is 5.02 Å². The molecule has 0 spiro atoms. The van der Waals surface area contributed by atoms with Gasteiger partial charge in [0.15, 0.2) is 0 Å². The van der Waals surface area contributed by atoms with Gasteiger partial charge in [-0.2, -0.15) is 0 Å². The molecule has 0 radical (unpaired) electrons. The number of aromatic carboxylic acids is 1. The van der Waals surface area contributed by atoms with Gasteiger partial charge in [0.25, 0.3) is 5.91 Å². The van der Waals surface area contributed by atoms with Crippen LogP contribution in [-0.2, 0) is 9.68 Å². The molecule has 2 rings (SSSR count). The van der Waals surface area contributed by atoms with E-state index < -0.39 is 29.1 Å². The Labute approximate surface area is 188 Å². The lowest BCUT2D eigenvalue weighted by Gasteiger charge is -2.13. The number of carboxylic acid groups (broad SMARTS) is 1. The minimum Gasteiger partial charge on any atom is -0.478 e. The van der Waals surface area contributed by atoms with Gasteiger partial charge in [-0.1, -0.05) is 23.2 Å². The summed E-state index contributed by atoms with van der Waals surface area (Å²) in [6, 6.07) is 7.16. The molecule has 12 heteroatoms. The SMILES string of the molecule is CNOC.CON(C)C(=O)c1cc(Cl)ccc1F.Cl.O=C(O)c1cc(Cl)ccc1F. The van der Waals surface area contributed by atoms with Gasteiger partial charge in [0.1, 0.15) is 11.6 Å². The van der Waals surface area contributed by atoms with Gasteiger partial charge in [-0.05, 0) is 36.4 Å². The number of halogens is 5. The van der Waals surface area contributed by atoms with Crippen LogP contribution in [0.3, 0.4) is 0 Å². The van der Waals surface area contributed by atoms with Gasteiger partial charge in [0, 0.05) is 24.1 Å². The molecule has 0 aliphatic heterocycles. The minimum atomic E-state index is -1.31. The fourth-order valence-corrected chi connectivity index (χ4v) is 1.92. The fraction of sp³-hybridized carbons (Fsp3) is 0.222. The molecule has 0 bridgehead atoms. The number of hydrogen-bond donors (Lipinski definition) is 2. The summed E-state index contributed by atoms with van der Waals surface area (Å²) in [5, 5.41) is 9.83. The number of nitrogens with zero attached hydrogens (tertiary/aromatic N) is 1. The van der Waals surface area contributed by atoms with Crippen LogP contribution in [0.15, 0.2) is 36.4 Å². The summed E-state index contributed by atoms with van der Waals surface area (Å²) in [6.07, 6.45) is 0. The molecule has 2 aromatic rings. The first kappa shape index (κ1) is 30.2. The van der Waals surface area contributed by atoms with Crippen LogP contribution >= 0.6 is 35.6 Å². The monoisotopic (exact) mass is 488 g/mol. The second-order valence-corrected chi connectivity index (χ2v) is 5.82. The van der Waals surface area contributed by atoms with E-state index in [1.165, 1.54) is 32.4 Å². The van der Waals surface area contributed by atoms with Crippen molar-refractivity contribution in [3.05, 3.63) is 69.2 Å². The number of hydroxylamine groups is 3. The number of hydrogen-bond acceptors (Lipinski definition) is 5. The molecule has 168 valence electrons. The summed E-state index contributed by atoms with van der Waals surface area (Å²) in [4.78, 5) is 30.7. The van der Waals surface area contributed by atoms with E-state index in [9.17, 15) is 18.4 Å². The predicted molar refractivity (Wildman–Crippen MR) is 112 cm³/mol. The summed E-state index contributed by atoms with van der Waals surface area (Å²) < 4.78 is 25.7. The Kier molecular flexibility index (Phi) is 15.9. The van der Waals surface area contributed by atoms with Gasteiger partial charge in [0.05, 0.1) is 25.3 Å². The Balaban J connectivity index is 0. The molecule has 0 heterocycles. The third kappa shape index (κ3) is 10.7. The van der Waals surface area contributed by atoms with Gasteiger partial charge in [-0.25, -0.2) is 24.1 Å². The molecule has 7 nitrogen and oxygen atoms in total. The van der Waals surface area contributed by atoms with E-state index in [4.69, 9.17) is 28.3 Å². The van der Waals surface area contributed by atoms with Crippen molar-refractivity contribution in [1.82, 2.24) is 10.5 Å². The van der Waals surface area contributed by atoms with Crippen molar-refractivity contribution in [3.8, 4) is 0 Å². The quantitative estimate of drug-likeness (QED) is 0.616. The molecule has 0 atom stereocenters. The van der Waals surface area contributed by atoms with Crippen LogP contribution in [0.5, 0.6) is 0 Å². The maximum absolute atomic E-state index is 13.2. The van der Waals surface area contributed by atoms with Crippen LogP contribution in [0, 0.1) is 11.6 Å². The summed E-state index contributed by atoms with van der Waals surface area (Å²) in [7, 11) is 5.99. The Morgan fingerprint density at radius 2 is 1.40 bits per heavy atom. The van der Waals surface area contributed by atoms with E-state index in [1.54, 1.807) is 14.2 Å². The van der Waals surface area contributed by atoms with Crippen molar-refractivity contribution >= 4 is 47.5 Å². The fourth-order valence-electron chi connectivity index (χ4n) is 1.58. The molecular formula is C18H21Cl3F2N2O5. The molecule has 2 N–H and O–H groups in total. The molecule has 30 heavy (non-hydrogen) atoms. The van der Waals surface area contributed by atoms with E-state index in [-0.39, 0.29) is 23.0 Å². The Hall–Kier alpha value is -2.01. The third-order valence-electron chi connectivity index (χ3n) is 3.08. The first-order valence-corrected chi connectivity index (χ1v) is 8.49. The first-order chi connectivity index (χ1) is 13.6. The number of rotatable bonds is 4. The smallest absolute Gasteiger partial charge is 0.338 e. The zero-order chi connectivity index (χ0) is 22.6. The zero-order valence-electron chi connectivity index (χ0n) is 16.4. The van der Waals surface area contributed by atoms with Crippen molar-refractivity contribution in [1.29, 1.82) is 0 Å². The molecule has 0 saturated carbocycles. The predicted octanol–water partition coefficient (Wildman–Crippen LogP) is 4.48. The summed E-state index contributed by atoms with van der Waals surface area (Å²) in [5.41, 5.74) is 1.92. The van der Waals surface area contributed by atoms with Crippen molar-refractivity contribution in [2.24, 2.45) is 0 Å². The van der Waals surface area contributed by atoms with Gasteiger partial charge >= 0.3 is 5.97 Å². The summed E-state index contributed by atoms with van der Waals surface area (Å²) in [5.74, 6) is -3.29. The molecule has 0 unspecified atom stereocenters. The highest BCUT2D eigenvalue weighted by Gasteiger charge is 2.16. The lowest BCUT2D eigenvalue weighted by atomic mass is 10.2. The second-order valence-electron chi connectivity index (χ2n) is 4.95. The average Bonchev–Trinajstić information content (AvgIpc) is 2.70. The third-order valence-corrected chi connectivity index (χ3v) is 3.55. The molecule has 0 aromatic heterocycles. The van der Waals surface area contributed by atoms with Crippen molar-refractivity contribution in [2.45, 2.75) is 0 Å². The van der Waals surface area contributed by atoms with E-state index >= 15 is 0 Å². The molecule has 0 fully saturated rings. The second kappa shape index (κ2) is 15.8. The lowest BCUT2D eigenvalue weighted by Crippen LogP contribution is -2.26. The van der Waals surface area contributed by atoms with E-state index in [2.05, 4.69) is 15.2 Å². The van der Waals surface area contributed by atoms with Crippen molar-refractivity contribution in [2.75, 3.05) is 28.3 Å². The lowest BCUT2D eigenvalue weighted by molar-refractivity contribution is -0.0759. The van der Waals surface area contributed by atoms with Crippen LogP contribution in [0.1, 0.15) is 20.7 Å². The van der Waals surface area contributed by atoms with Crippen LogP contribution in [-0.4, -0.2) is 50.4 Å². The minimum absolute atomic E-state index is 0. The highest BCUT2D eigenvalue weighted by molar-refractivity contribution is 6.31. The van der Waals surface area contributed by atoms with E-state index in [1.807, 2.05) is 0 Å². The topological polar surface area (TPSA) is 88.1 Å². The van der Waals surface area contributed by atoms with Crippen LogP contribution in [0.4, 0.5) is 8.78 Å².